The van der Waals surface area contributed by atoms with Crippen molar-refractivity contribution in [1.29, 1.82) is 0 Å². The minimum Gasteiger partial charge on any atom is -0.486 e. The highest BCUT2D eigenvalue weighted by molar-refractivity contribution is 6.10. The summed E-state index contributed by atoms with van der Waals surface area (Å²) in [5, 5.41) is 5.14. The lowest BCUT2D eigenvalue weighted by molar-refractivity contribution is -0.133. The Kier molecular flexibility index (Phi) is 4.81. The number of hydrogen-bond acceptors (Lipinski definition) is 5. The third-order valence-electron chi connectivity index (χ3n) is 5.15. The molecule has 0 radical (unpaired) electrons. The van der Waals surface area contributed by atoms with Crippen LogP contribution in [0, 0.1) is 12.7 Å². The fourth-order valence-corrected chi connectivity index (χ4v) is 3.41. The topological polar surface area (TPSA) is 97.0 Å². The van der Waals surface area contributed by atoms with Gasteiger partial charge in [0.1, 0.15) is 31.1 Å². The quantitative estimate of drug-likeness (QED) is 0.750. The van der Waals surface area contributed by atoms with Crippen molar-refractivity contribution in [2.75, 3.05) is 25.1 Å². The first kappa shape index (κ1) is 19.7. The first-order chi connectivity index (χ1) is 14.3. The Morgan fingerprint density at radius 2 is 1.90 bits per heavy atom. The Morgan fingerprint density at radius 1 is 1.17 bits per heavy atom. The Morgan fingerprint density at radius 3 is 2.63 bits per heavy atom. The minimum atomic E-state index is -1.36. The van der Waals surface area contributed by atoms with E-state index in [0.29, 0.717) is 35.8 Å². The molecule has 0 spiro atoms. The molecule has 30 heavy (non-hydrogen) atoms. The maximum Gasteiger partial charge on any atom is 0.325 e. The molecule has 2 aromatic carbocycles. The van der Waals surface area contributed by atoms with Crippen LogP contribution in [0.25, 0.3) is 0 Å². The molecule has 1 atom stereocenters. The van der Waals surface area contributed by atoms with Gasteiger partial charge in [-0.15, -0.1) is 0 Å². The molecule has 0 aliphatic carbocycles. The summed E-state index contributed by atoms with van der Waals surface area (Å²) in [6.07, 6.45) is 0. The smallest absolute Gasteiger partial charge is 0.325 e. The molecule has 2 aromatic rings. The molecule has 2 heterocycles. The number of nitrogens with zero attached hydrogens (tertiary/aromatic N) is 1. The van der Waals surface area contributed by atoms with Gasteiger partial charge in [0.15, 0.2) is 11.5 Å². The highest BCUT2D eigenvalue weighted by Crippen LogP contribution is 2.36. The molecule has 0 saturated carbocycles. The molecule has 1 fully saturated rings. The summed E-state index contributed by atoms with van der Waals surface area (Å²) in [4.78, 5) is 38.7. The number of rotatable bonds is 4. The summed E-state index contributed by atoms with van der Waals surface area (Å²) >= 11 is 0. The zero-order valence-corrected chi connectivity index (χ0v) is 16.5. The fourth-order valence-electron chi connectivity index (χ4n) is 3.41. The molecule has 4 amide bonds. The van der Waals surface area contributed by atoms with Crippen molar-refractivity contribution in [3.63, 3.8) is 0 Å². The number of urea groups is 1. The van der Waals surface area contributed by atoms with Gasteiger partial charge in [-0.05, 0) is 49.2 Å². The molecule has 0 aromatic heterocycles. The highest BCUT2D eigenvalue weighted by Gasteiger charge is 2.49. The van der Waals surface area contributed by atoms with Crippen molar-refractivity contribution >= 4 is 23.5 Å². The zero-order valence-electron chi connectivity index (χ0n) is 16.5. The summed E-state index contributed by atoms with van der Waals surface area (Å²) in [6.45, 7) is 3.49. The summed E-state index contributed by atoms with van der Waals surface area (Å²) in [6, 6.07) is 8.55. The Hall–Kier alpha value is -3.62. The van der Waals surface area contributed by atoms with Gasteiger partial charge >= 0.3 is 6.03 Å². The highest BCUT2D eigenvalue weighted by atomic mass is 19.1. The monoisotopic (exact) mass is 413 g/mol. The number of hydrogen-bond donors (Lipinski definition) is 2. The molecule has 0 unspecified atom stereocenters. The van der Waals surface area contributed by atoms with Crippen LogP contribution in [0.4, 0.5) is 14.9 Å². The fraction of sp³-hybridized carbons (Fsp3) is 0.286. The van der Waals surface area contributed by atoms with Gasteiger partial charge in [-0.2, -0.15) is 0 Å². The first-order valence-corrected chi connectivity index (χ1v) is 9.38. The van der Waals surface area contributed by atoms with Crippen LogP contribution >= 0.6 is 0 Å². The van der Waals surface area contributed by atoms with Crippen LogP contribution in [0.1, 0.15) is 18.1 Å². The van der Waals surface area contributed by atoms with E-state index in [4.69, 9.17) is 9.47 Å². The molecular formula is C21H20FN3O5. The van der Waals surface area contributed by atoms with Gasteiger partial charge < -0.3 is 20.1 Å². The molecule has 2 aliphatic heterocycles. The SMILES string of the molecule is Cc1ccc(NC(=O)CN2C(=O)N[C@@](C)(c3ccc4c(c3)OCCO4)C2=O)cc1F. The van der Waals surface area contributed by atoms with Gasteiger partial charge in [-0.3, -0.25) is 14.5 Å². The third kappa shape index (κ3) is 3.42. The molecule has 8 nitrogen and oxygen atoms in total. The number of amides is 4. The largest absolute Gasteiger partial charge is 0.486 e. The summed E-state index contributed by atoms with van der Waals surface area (Å²) in [5.74, 6) is -0.608. The van der Waals surface area contributed by atoms with E-state index < -0.39 is 35.7 Å². The van der Waals surface area contributed by atoms with E-state index in [1.54, 1.807) is 38.1 Å². The van der Waals surface area contributed by atoms with E-state index >= 15 is 0 Å². The number of carbonyl (C=O) groups excluding carboxylic acids is 3. The number of carbonyl (C=O) groups is 3. The molecule has 4 rings (SSSR count). The number of halogens is 1. The average Bonchev–Trinajstić information content (AvgIpc) is 2.94. The molecule has 1 saturated heterocycles. The normalized spacial score (nSPS) is 20.2. The van der Waals surface area contributed by atoms with Gasteiger partial charge in [-0.25, -0.2) is 9.18 Å². The Balaban J connectivity index is 1.50. The predicted molar refractivity (Wildman–Crippen MR) is 105 cm³/mol. The average molecular weight is 413 g/mol. The maximum atomic E-state index is 13.7. The lowest BCUT2D eigenvalue weighted by Crippen LogP contribution is -2.42. The number of aryl methyl sites for hydroxylation is 1. The van der Waals surface area contributed by atoms with Crippen LogP contribution in [0.5, 0.6) is 11.5 Å². The predicted octanol–water partition coefficient (Wildman–Crippen LogP) is 2.31. The minimum absolute atomic E-state index is 0.241. The van der Waals surface area contributed by atoms with Crippen molar-refractivity contribution in [3.8, 4) is 11.5 Å². The van der Waals surface area contributed by atoms with Crippen LogP contribution in [0.2, 0.25) is 0 Å². The van der Waals surface area contributed by atoms with Crippen LogP contribution < -0.4 is 20.1 Å². The van der Waals surface area contributed by atoms with E-state index in [1.807, 2.05) is 0 Å². The Labute approximate surface area is 171 Å². The summed E-state index contributed by atoms with van der Waals surface area (Å²) in [5.41, 5.74) is -0.168. The van der Waals surface area contributed by atoms with E-state index in [9.17, 15) is 18.8 Å². The molecule has 2 aliphatic rings. The molecule has 2 N–H and O–H groups in total. The van der Waals surface area contributed by atoms with Gasteiger partial charge in [-0.1, -0.05) is 12.1 Å². The van der Waals surface area contributed by atoms with Gasteiger partial charge in [0.2, 0.25) is 5.91 Å². The van der Waals surface area contributed by atoms with E-state index in [-0.39, 0.29) is 5.69 Å². The van der Waals surface area contributed by atoms with Gasteiger partial charge in [0.05, 0.1) is 0 Å². The Bertz CT molecular complexity index is 1060. The van der Waals surface area contributed by atoms with Gasteiger partial charge in [0, 0.05) is 5.69 Å². The number of benzene rings is 2. The van der Waals surface area contributed by atoms with E-state index in [1.165, 1.54) is 12.1 Å². The molecule has 9 heteroatoms. The second kappa shape index (κ2) is 7.33. The van der Waals surface area contributed by atoms with Crippen LogP contribution in [-0.4, -0.2) is 42.5 Å². The maximum absolute atomic E-state index is 13.7. The molecule has 156 valence electrons. The number of ether oxygens (including phenoxy) is 2. The lowest BCUT2D eigenvalue weighted by Gasteiger charge is -2.25. The van der Waals surface area contributed by atoms with Crippen molar-refractivity contribution < 1.29 is 28.2 Å². The molecular weight excluding hydrogens is 393 g/mol. The number of imide groups is 1. The first-order valence-electron chi connectivity index (χ1n) is 9.38. The van der Waals surface area contributed by atoms with Crippen molar-refractivity contribution in [1.82, 2.24) is 10.2 Å². The number of nitrogens with one attached hydrogen (secondary N) is 2. The number of fused-ring (bicyclic) bond motifs is 1. The summed E-state index contributed by atoms with van der Waals surface area (Å²) < 4.78 is 24.7. The number of anilines is 1. The second-order valence-electron chi connectivity index (χ2n) is 7.32. The van der Waals surface area contributed by atoms with Crippen molar-refractivity contribution in [2.24, 2.45) is 0 Å². The van der Waals surface area contributed by atoms with E-state index in [2.05, 4.69) is 10.6 Å². The van der Waals surface area contributed by atoms with Gasteiger partial charge in [0.25, 0.3) is 5.91 Å². The van der Waals surface area contributed by atoms with E-state index in [0.717, 1.165) is 4.90 Å². The second-order valence-corrected chi connectivity index (χ2v) is 7.32. The third-order valence-corrected chi connectivity index (χ3v) is 5.15. The van der Waals surface area contributed by atoms with Crippen LogP contribution in [0.15, 0.2) is 36.4 Å². The van der Waals surface area contributed by atoms with Crippen molar-refractivity contribution in [2.45, 2.75) is 19.4 Å². The standard InChI is InChI=1S/C21H20FN3O5/c1-12-3-5-14(10-15(12)22)23-18(26)11-25-19(27)21(2,24-20(25)28)13-4-6-16-17(9-13)30-8-7-29-16/h3-6,9-10H,7-8,11H2,1-2H3,(H,23,26)(H,24,28)/t21-/m0/s1. The zero-order chi connectivity index (χ0) is 21.5. The van der Waals surface area contributed by atoms with Crippen LogP contribution in [0.3, 0.4) is 0 Å². The van der Waals surface area contributed by atoms with Crippen molar-refractivity contribution in [3.05, 3.63) is 53.3 Å². The lowest BCUT2D eigenvalue weighted by atomic mass is 9.91. The summed E-state index contributed by atoms with van der Waals surface area (Å²) in [7, 11) is 0. The molecule has 0 bridgehead atoms. The van der Waals surface area contributed by atoms with Crippen LogP contribution in [-0.2, 0) is 15.1 Å².